The van der Waals surface area contributed by atoms with Gasteiger partial charge in [0.2, 0.25) is 11.8 Å². The van der Waals surface area contributed by atoms with Gasteiger partial charge in [0.15, 0.2) is 0 Å². The number of alkyl halides is 3. The van der Waals surface area contributed by atoms with Crippen LogP contribution < -0.4 is 9.47 Å². The average molecular weight is 660 g/mol. The summed E-state index contributed by atoms with van der Waals surface area (Å²) in [5, 5.41) is 0. The molecular formula is C35H44F3N3O6. The summed E-state index contributed by atoms with van der Waals surface area (Å²) in [6.07, 6.45) is 1.76. The van der Waals surface area contributed by atoms with E-state index < -0.39 is 35.6 Å². The predicted molar refractivity (Wildman–Crippen MR) is 165 cm³/mol. The molecule has 2 bridgehead atoms. The second kappa shape index (κ2) is 12.9. The van der Waals surface area contributed by atoms with Gasteiger partial charge in [-0.1, -0.05) is 40.5 Å². The maximum atomic E-state index is 14.2. The van der Waals surface area contributed by atoms with E-state index in [0.717, 1.165) is 38.4 Å². The van der Waals surface area contributed by atoms with Crippen molar-refractivity contribution in [3.8, 4) is 11.6 Å². The number of fused-ring (bicyclic) bond motifs is 7. The summed E-state index contributed by atoms with van der Waals surface area (Å²) in [6.45, 7) is 7.73. The minimum absolute atomic E-state index is 0.0755. The van der Waals surface area contributed by atoms with Gasteiger partial charge in [-0.15, -0.1) is 13.2 Å². The molecule has 0 spiro atoms. The van der Waals surface area contributed by atoms with Crippen molar-refractivity contribution in [2.24, 2.45) is 35.0 Å². The van der Waals surface area contributed by atoms with Gasteiger partial charge in [-0.3, -0.25) is 9.59 Å². The highest BCUT2D eigenvalue weighted by molar-refractivity contribution is 5.87. The maximum absolute atomic E-state index is 14.2. The Labute approximate surface area is 272 Å². The first-order valence-corrected chi connectivity index (χ1v) is 16.9. The molecule has 2 aromatic rings. The third-order valence-corrected chi connectivity index (χ3v) is 10.7. The van der Waals surface area contributed by atoms with E-state index in [1.807, 2.05) is 27.7 Å². The van der Waals surface area contributed by atoms with Crippen molar-refractivity contribution in [2.75, 3.05) is 6.54 Å². The first kappa shape index (κ1) is 33.5. The first-order chi connectivity index (χ1) is 22.3. The largest absolute Gasteiger partial charge is 0.573 e. The number of nitrogens with zero attached hydrogens (tertiary/aromatic N) is 3. The molecule has 4 aliphatic rings. The molecule has 9 nitrogen and oxygen atoms in total. The summed E-state index contributed by atoms with van der Waals surface area (Å²) in [5.41, 5.74) is 0.576. The van der Waals surface area contributed by atoms with Gasteiger partial charge in [-0.2, -0.15) is 0 Å². The number of aromatic nitrogens is 2. The highest BCUT2D eigenvalue weighted by atomic mass is 19.4. The van der Waals surface area contributed by atoms with Gasteiger partial charge >= 0.3 is 12.3 Å². The van der Waals surface area contributed by atoms with E-state index in [1.165, 1.54) is 29.5 Å². The molecule has 3 fully saturated rings. The minimum Gasteiger partial charge on any atom is -0.471 e. The lowest BCUT2D eigenvalue weighted by atomic mass is 9.77. The maximum Gasteiger partial charge on any atom is 0.573 e. The van der Waals surface area contributed by atoms with E-state index in [0.29, 0.717) is 41.8 Å². The highest BCUT2D eigenvalue weighted by Crippen LogP contribution is 2.58. The Balaban J connectivity index is 1.36. The van der Waals surface area contributed by atoms with E-state index in [2.05, 4.69) is 9.72 Å². The molecule has 256 valence electrons. The Kier molecular flexibility index (Phi) is 9.17. The van der Waals surface area contributed by atoms with Crippen molar-refractivity contribution in [2.45, 2.75) is 110 Å². The third-order valence-electron chi connectivity index (χ3n) is 10.7. The SMILES string of the molecule is CC[C@@H]1[C@@H]2CN(C(=O)[C@H](C(C)(C)C)CC(=O)O[C@@H]3CC4CC4[C@H]3CCCCCc3nc4ccc(OC(F)(F)F)cc4nc3O2)[C@@H]1C=O. The number of aryl methyl sites for hydroxylation is 1. The number of rotatable bonds is 3. The van der Waals surface area contributed by atoms with Gasteiger partial charge in [-0.05, 0) is 73.8 Å². The lowest BCUT2D eigenvalue weighted by Gasteiger charge is -2.34. The summed E-state index contributed by atoms with van der Waals surface area (Å²) in [7, 11) is 0. The zero-order valence-electron chi connectivity index (χ0n) is 27.4. The lowest BCUT2D eigenvalue weighted by molar-refractivity contribution is -0.274. The van der Waals surface area contributed by atoms with Crippen LogP contribution in [0.5, 0.6) is 11.6 Å². The molecule has 12 heteroatoms. The van der Waals surface area contributed by atoms with Crippen LogP contribution >= 0.6 is 0 Å². The van der Waals surface area contributed by atoms with Crippen LogP contribution in [0.15, 0.2) is 18.2 Å². The second-order valence-electron chi connectivity index (χ2n) is 14.8. The molecule has 1 aromatic carbocycles. The van der Waals surface area contributed by atoms with Crippen molar-refractivity contribution >= 4 is 29.2 Å². The minimum atomic E-state index is -4.86. The molecule has 2 aliphatic heterocycles. The molecule has 1 amide bonds. The fourth-order valence-corrected chi connectivity index (χ4v) is 8.14. The molecule has 8 atom stereocenters. The smallest absolute Gasteiger partial charge is 0.471 e. The van der Waals surface area contributed by atoms with Crippen molar-refractivity contribution in [3.05, 3.63) is 23.9 Å². The van der Waals surface area contributed by atoms with Crippen LogP contribution in [0, 0.1) is 35.0 Å². The van der Waals surface area contributed by atoms with E-state index in [1.54, 1.807) is 0 Å². The van der Waals surface area contributed by atoms with Crippen LogP contribution in [0.4, 0.5) is 13.2 Å². The lowest BCUT2D eigenvalue weighted by Crippen LogP contribution is -2.46. The van der Waals surface area contributed by atoms with Crippen molar-refractivity contribution in [1.29, 1.82) is 0 Å². The standard InChI is InChI=1S/C35H44F3N3O6/c1-5-21-28(18-42)41-17-30(21)46-32-26(39-25-12-11-20(15-27(25)40-32)47-35(36,37)38)10-8-6-7-9-22-23-13-19(23)14-29(22)45-31(43)16-24(33(41)44)34(2,3)4/h11-12,15,18-19,21-24,28-30H,5-10,13-14,16-17H2,1-4H3/t19?,21-,22+,23?,24+,28+,29+,30-/m0/s1. The normalized spacial score (nSPS) is 31.9. The molecule has 2 aliphatic carbocycles. The van der Waals surface area contributed by atoms with Crippen molar-refractivity contribution in [3.63, 3.8) is 0 Å². The molecule has 1 aromatic heterocycles. The summed E-state index contributed by atoms with van der Waals surface area (Å²) in [6, 6.07) is 3.05. The van der Waals surface area contributed by atoms with Crippen molar-refractivity contribution < 1.29 is 41.8 Å². The van der Waals surface area contributed by atoms with Crippen molar-refractivity contribution in [1.82, 2.24) is 14.9 Å². The number of hydrogen-bond acceptors (Lipinski definition) is 8. The monoisotopic (exact) mass is 659 g/mol. The van der Waals surface area contributed by atoms with Crippen LogP contribution in [0.1, 0.15) is 84.8 Å². The quantitative estimate of drug-likeness (QED) is 0.274. The number of halogens is 3. The molecule has 2 unspecified atom stereocenters. The van der Waals surface area contributed by atoms with Crippen LogP contribution in [0.3, 0.4) is 0 Å². The van der Waals surface area contributed by atoms with Gasteiger partial charge in [0.1, 0.15) is 29.9 Å². The van der Waals surface area contributed by atoms with E-state index in [4.69, 9.17) is 14.5 Å². The molecule has 6 rings (SSSR count). The van der Waals surface area contributed by atoms with Crippen LogP contribution in [0.2, 0.25) is 0 Å². The third kappa shape index (κ3) is 7.21. The summed E-state index contributed by atoms with van der Waals surface area (Å²) >= 11 is 0. The zero-order valence-corrected chi connectivity index (χ0v) is 27.4. The molecule has 0 radical (unpaired) electrons. The molecule has 47 heavy (non-hydrogen) atoms. The van der Waals surface area contributed by atoms with Gasteiger partial charge in [-0.25, -0.2) is 9.97 Å². The highest BCUT2D eigenvalue weighted by Gasteiger charge is 2.55. The Bertz CT molecular complexity index is 1510. The number of carbonyl (C=O) groups excluding carboxylic acids is 3. The average Bonchev–Trinajstić information content (AvgIpc) is 3.53. The Morgan fingerprint density at radius 1 is 1.00 bits per heavy atom. The summed E-state index contributed by atoms with van der Waals surface area (Å²) in [4.78, 5) is 51.1. The molecule has 1 saturated heterocycles. The fourth-order valence-electron chi connectivity index (χ4n) is 8.14. The fraction of sp³-hybridized carbons (Fsp3) is 0.686. The van der Waals surface area contributed by atoms with Gasteiger partial charge in [0.05, 0.1) is 36.0 Å². The number of ether oxygens (including phenoxy) is 3. The number of hydrogen-bond donors (Lipinski definition) is 0. The Morgan fingerprint density at radius 2 is 1.79 bits per heavy atom. The van der Waals surface area contributed by atoms with Gasteiger partial charge in [0.25, 0.3) is 0 Å². The number of esters is 1. The second-order valence-corrected chi connectivity index (χ2v) is 14.8. The molecule has 2 saturated carbocycles. The number of aldehydes is 1. The zero-order chi connectivity index (χ0) is 33.7. The predicted octanol–water partition coefficient (Wildman–Crippen LogP) is 6.45. The van der Waals surface area contributed by atoms with Crippen LogP contribution in [-0.4, -0.2) is 64.2 Å². The van der Waals surface area contributed by atoms with Gasteiger partial charge < -0.3 is 23.9 Å². The molecule has 0 N–H and O–H groups in total. The Hall–Kier alpha value is -3.44. The summed E-state index contributed by atoms with van der Waals surface area (Å²) < 4.78 is 55.6. The molecule has 3 heterocycles. The van der Waals surface area contributed by atoms with E-state index >= 15 is 0 Å². The van der Waals surface area contributed by atoms with Crippen LogP contribution in [-0.2, 0) is 25.5 Å². The number of amides is 1. The topological polar surface area (TPSA) is 108 Å². The number of carbonyl (C=O) groups is 3. The number of benzene rings is 1. The van der Waals surface area contributed by atoms with Gasteiger partial charge in [0, 0.05) is 12.0 Å². The molecular weight excluding hydrogens is 615 g/mol. The van der Waals surface area contributed by atoms with E-state index in [9.17, 15) is 27.6 Å². The van der Waals surface area contributed by atoms with E-state index in [-0.39, 0.29) is 48.3 Å². The summed E-state index contributed by atoms with van der Waals surface area (Å²) in [5.74, 6) is -0.517. The first-order valence-electron chi connectivity index (χ1n) is 16.9. The Morgan fingerprint density at radius 3 is 2.49 bits per heavy atom. The van der Waals surface area contributed by atoms with Crippen LogP contribution in [0.25, 0.3) is 11.0 Å².